The van der Waals surface area contributed by atoms with Crippen molar-refractivity contribution in [2.24, 2.45) is 11.7 Å². The molecule has 1 aromatic carbocycles. The average Bonchev–Trinajstić information content (AvgIpc) is 3.55. The van der Waals surface area contributed by atoms with E-state index in [4.69, 9.17) is 10.7 Å². The summed E-state index contributed by atoms with van der Waals surface area (Å²) in [5.74, 6) is 0.0697. The zero-order valence-electron chi connectivity index (χ0n) is 22.7. The van der Waals surface area contributed by atoms with Crippen molar-refractivity contribution in [3.63, 3.8) is 0 Å². The van der Waals surface area contributed by atoms with Crippen LogP contribution in [-0.2, 0) is 34.5 Å². The van der Waals surface area contributed by atoms with Gasteiger partial charge in [-0.1, -0.05) is 70.7 Å². The zero-order valence-corrected chi connectivity index (χ0v) is 22.7. The van der Waals surface area contributed by atoms with Crippen molar-refractivity contribution >= 4 is 11.8 Å². The molecular weight excluding hydrogens is 462 g/mol. The number of nitrogens with one attached hydrogen (secondary N) is 1. The van der Waals surface area contributed by atoms with Gasteiger partial charge in [0.2, 0.25) is 11.8 Å². The van der Waals surface area contributed by atoms with E-state index in [9.17, 15) is 9.59 Å². The Kier molecular flexibility index (Phi) is 7.44. The van der Waals surface area contributed by atoms with Gasteiger partial charge in [-0.2, -0.15) is 0 Å². The first-order valence-corrected chi connectivity index (χ1v) is 14.2. The lowest BCUT2D eigenvalue weighted by molar-refractivity contribution is -0.145. The first-order valence-electron chi connectivity index (χ1n) is 14.2. The van der Waals surface area contributed by atoms with E-state index in [1.807, 2.05) is 11.2 Å². The Morgan fingerprint density at radius 2 is 1.70 bits per heavy atom. The molecule has 2 aliphatic carbocycles. The van der Waals surface area contributed by atoms with Crippen LogP contribution < -0.4 is 11.1 Å². The van der Waals surface area contributed by atoms with Gasteiger partial charge in [-0.15, -0.1) is 0 Å². The van der Waals surface area contributed by atoms with Gasteiger partial charge in [0, 0.05) is 31.0 Å². The Morgan fingerprint density at radius 1 is 1.03 bits per heavy atom. The van der Waals surface area contributed by atoms with E-state index in [-0.39, 0.29) is 35.2 Å². The molecule has 1 aliphatic heterocycles. The summed E-state index contributed by atoms with van der Waals surface area (Å²) in [6.45, 7) is 7.79. The number of benzene rings is 1. The van der Waals surface area contributed by atoms with E-state index in [0.29, 0.717) is 19.5 Å². The molecule has 3 aliphatic rings. The van der Waals surface area contributed by atoms with Crippen LogP contribution in [0.2, 0.25) is 0 Å². The highest BCUT2D eigenvalue weighted by Crippen LogP contribution is 2.32. The van der Waals surface area contributed by atoms with Crippen LogP contribution in [0.4, 0.5) is 0 Å². The van der Waals surface area contributed by atoms with Gasteiger partial charge in [0.15, 0.2) is 0 Å². The standard InChI is InChI=1S/C30H43N5O2/c1-30(2,3)22-14-12-20(13-15-22)17-34-19-32-25-16-26(28(36)33-24-11-7-6-10-23(24)31)35(18-27(25)34)29(37)21-8-4-5-9-21/h12-15,19,21,23-24,26H,4-11,16-18,31H2,1-3H3,(H,33,36). The molecule has 2 heterocycles. The normalized spacial score (nSPS) is 24.6. The monoisotopic (exact) mass is 505 g/mol. The summed E-state index contributed by atoms with van der Waals surface area (Å²) in [6, 6.07) is 8.21. The number of amides is 2. The second-order valence-electron chi connectivity index (χ2n) is 12.4. The third-order valence-electron chi connectivity index (χ3n) is 8.73. The van der Waals surface area contributed by atoms with Crippen LogP contribution in [0.15, 0.2) is 30.6 Å². The van der Waals surface area contributed by atoms with E-state index < -0.39 is 6.04 Å². The predicted molar refractivity (Wildman–Crippen MR) is 145 cm³/mol. The minimum atomic E-state index is -0.524. The van der Waals surface area contributed by atoms with Gasteiger partial charge in [-0.25, -0.2) is 4.98 Å². The smallest absolute Gasteiger partial charge is 0.243 e. The summed E-state index contributed by atoms with van der Waals surface area (Å²) in [5.41, 5.74) is 10.9. The Hall–Kier alpha value is -2.67. The molecule has 2 aromatic rings. The highest BCUT2D eigenvalue weighted by Gasteiger charge is 2.40. The highest BCUT2D eigenvalue weighted by atomic mass is 16.2. The lowest BCUT2D eigenvalue weighted by Gasteiger charge is -2.38. The van der Waals surface area contributed by atoms with Gasteiger partial charge in [0.1, 0.15) is 6.04 Å². The summed E-state index contributed by atoms with van der Waals surface area (Å²) in [4.78, 5) is 33.8. The molecule has 200 valence electrons. The maximum Gasteiger partial charge on any atom is 0.243 e. The van der Waals surface area contributed by atoms with Crippen molar-refractivity contribution in [2.75, 3.05) is 0 Å². The minimum absolute atomic E-state index is 0.0142. The lowest BCUT2D eigenvalue weighted by Crippen LogP contribution is -2.58. The van der Waals surface area contributed by atoms with Gasteiger partial charge in [0.25, 0.3) is 0 Å². The number of fused-ring (bicyclic) bond motifs is 1. The topological polar surface area (TPSA) is 93.2 Å². The molecular formula is C30H43N5O2. The second-order valence-corrected chi connectivity index (χ2v) is 12.4. The van der Waals surface area contributed by atoms with Crippen LogP contribution in [0.25, 0.3) is 0 Å². The molecule has 3 unspecified atom stereocenters. The van der Waals surface area contributed by atoms with Crippen molar-refractivity contribution in [1.29, 1.82) is 0 Å². The first-order chi connectivity index (χ1) is 17.7. The number of hydrogen-bond donors (Lipinski definition) is 2. The molecule has 37 heavy (non-hydrogen) atoms. The molecule has 3 atom stereocenters. The zero-order chi connectivity index (χ0) is 26.2. The Labute approximate surface area is 221 Å². The third-order valence-corrected chi connectivity index (χ3v) is 8.73. The molecule has 2 fully saturated rings. The number of nitrogens with two attached hydrogens (primary N) is 1. The van der Waals surface area contributed by atoms with Gasteiger partial charge < -0.3 is 20.5 Å². The highest BCUT2D eigenvalue weighted by molar-refractivity contribution is 5.89. The number of rotatable bonds is 5. The summed E-state index contributed by atoms with van der Waals surface area (Å²) in [5, 5.41) is 3.22. The van der Waals surface area contributed by atoms with Gasteiger partial charge in [0.05, 0.1) is 24.3 Å². The first kappa shape index (κ1) is 26.0. The molecule has 3 N–H and O–H groups in total. The van der Waals surface area contributed by atoms with Crippen LogP contribution in [0.3, 0.4) is 0 Å². The van der Waals surface area contributed by atoms with Crippen molar-refractivity contribution in [3.05, 3.63) is 53.1 Å². The summed E-state index contributed by atoms with van der Waals surface area (Å²) >= 11 is 0. The molecule has 7 heteroatoms. The Bertz CT molecular complexity index is 1110. The molecule has 0 radical (unpaired) electrons. The van der Waals surface area contributed by atoms with E-state index in [2.05, 4.69) is 54.9 Å². The number of hydrogen-bond acceptors (Lipinski definition) is 4. The minimum Gasteiger partial charge on any atom is -0.350 e. The molecule has 0 bridgehead atoms. The molecule has 0 saturated heterocycles. The molecule has 5 rings (SSSR count). The molecule has 2 amide bonds. The summed E-state index contributed by atoms with van der Waals surface area (Å²) in [6.07, 6.45) is 10.4. The fraction of sp³-hybridized carbons (Fsp3) is 0.633. The van der Waals surface area contributed by atoms with Gasteiger partial charge in [-0.3, -0.25) is 9.59 Å². The third kappa shape index (κ3) is 5.62. The van der Waals surface area contributed by atoms with Crippen LogP contribution in [-0.4, -0.2) is 44.4 Å². The fourth-order valence-corrected chi connectivity index (χ4v) is 6.30. The molecule has 0 spiro atoms. The lowest BCUT2D eigenvalue weighted by atomic mass is 9.87. The van der Waals surface area contributed by atoms with Crippen LogP contribution in [0.1, 0.15) is 94.7 Å². The van der Waals surface area contributed by atoms with Gasteiger partial charge >= 0.3 is 0 Å². The fourth-order valence-electron chi connectivity index (χ4n) is 6.30. The Morgan fingerprint density at radius 3 is 2.38 bits per heavy atom. The van der Waals surface area contributed by atoms with E-state index in [1.54, 1.807) is 0 Å². The maximum absolute atomic E-state index is 13.7. The van der Waals surface area contributed by atoms with Crippen LogP contribution in [0.5, 0.6) is 0 Å². The number of imidazole rings is 1. The van der Waals surface area contributed by atoms with E-state index in [1.165, 1.54) is 11.1 Å². The number of carbonyl (C=O) groups is 2. The van der Waals surface area contributed by atoms with Crippen molar-refractivity contribution in [2.45, 2.75) is 115 Å². The van der Waals surface area contributed by atoms with Crippen molar-refractivity contribution in [3.8, 4) is 0 Å². The maximum atomic E-state index is 13.7. The van der Waals surface area contributed by atoms with Crippen molar-refractivity contribution < 1.29 is 9.59 Å². The second kappa shape index (κ2) is 10.6. The van der Waals surface area contributed by atoms with Crippen LogP contribution in [0, 0.1) is 5.92 Å². The van der Waals surface area contributed by atoms with E-state index >= 15 is 0 Å². The average molecular weight is 506 g/mol. The predicted octanol–water partition coefficient (Wildman–Crippen LogP) is 4.06. The summed E-state index contributed by atoms with van der Waals surface area (Å²) < 4.78 is 2.15. The number of nitrogens with zero attached hydrogens (tertiary/aromatic N) is 3. The van der Waals surface area contributed by atoms with E-state index in [0.717, 1.165) is 62.8 Å². The molecule has 2 saturated carbocycles. The van der Waals surface area contributed by atoms with Crippen molar-refractivity contribution in [1.82, 2.24) is 19.8 Å². The molecule has 1 aromatic heterocycles. The van der Waals surface area contributed by atoms with Gasteiger partial charge in [-0.05, 0) is 42.2 Å². The summed E-state index contributed by atoms with van der Waals surface area (Å²) in [7, 11) is 0. The largest absolute Gasteiger partial charge is 0.350 e. The van der Waals surface area contributed by atoms with Crippen LogP contribution >= 0.6 is 0 Å². The quantitative estimate of drug-likeness (QED) is 0.641. The number of carbonyl (C=O) groups excluding carboxylic acids is 2. The SMILES string of the molecule is CC(C)(C)c1ccc(Cn2cnc3c2CN(C(=O)C2CCCC2)C(C(=O)NC2CCCCC2N)C3)cc1. The Balaban J connectivity index is 1.37. The molecule has 7 nitrogen and oxygen atoms in total. The number of aromatic nitrogens is 2.